The average Bonchev–Trinajstić information content (AvgIpc) is 3.15. The lowest BCUT2D eigenvalue weighted by Gasteiger charge is -2.24. The number of nitrogens with one attached hydrogen (secondary N) is 3. The first-order valence-corrected chi connectivity index (χ1v) is 7.71. The van der Waals surface area contributed by atoms with E-state index in [-0.39, 0.29) is 0 Å². The molecule has 0 bridgehead atoms. The van der Waals surface area contributed by atoms with Crippen LogP contribution in [-0.2, 0) is 0 Å². The zero-order chi connectivity index (χ0) is 14.7. The van der Waals surface area contributed by atoms with Crippen LogP contribution in [0.15, 0.2) is 6.33 Å². The van der Waals surface area contributed by atoms with E-state index in [2.05, 4.69) is 42.4 Å². The minimum Gasteiger partial charge on any atom is -0.367 e. The molecule has 0 aromatic carbocycles. The van der Waals surface area contributed by atoms with Gasteiger partial charge < -0.3 is 15.6 Å². The highest BCUT2D eigenvalue weighted by Gasteiger charge is 2.18. The van der Waals surface area contributed by atoms with Crippen molar-refractivity contribution in [3.05, 3.63) is 6.33 Å². The van der Waals surface area contributed by atoms with Crippen molar-refractivity contribution in [3.8, 4) is 0 Å². The monoisotopic (exact) mass is 289 g/mol. The Morgan fingerprint density at radius 1 is 1.29 bits per heavy atom. The molecule has 2 aromatic rings. The molecule has 0 amide bonds. The van der Waals surface area contributed by atoms with E-state index < -0.39 is 0 Å². The third-order valence-corrected chi connectivity index (χ3v) is 3.95. The van der Waals surface area contributed by atoms with Gasteiger partial charge in [-0.25, -0.2) is 4.98 Å². The lowest BCUT2D eigenvalue weighted by molar-refractivity contribution is 0.269. The van der Waals surface area contributed by atoms with Gasteiger partial charge in [-0.2, -0.15) is 9.97 Å². The SMILES string of the molecule is CCNc1nc(NCC(C)N2CCCC2)c2[nH]cnc2n1. The van der Waals surface area contributed by atoms with Gasteiger partial charge in [0.15, 0.2) is 11.5 Å². The van der Waals surface area contributed by atoms with Crippen LogP contribution in [0.2, 0.25) is 0 Å². The molecule has 114 valence electrons. The smallest absolute Gasteiger partial charge is 0.226 e. The number of hydrogen-bond donors (Lipinski definition) is 3. The average molecular weight is 289 g/mol. The summed E-state index contributed by atoms with van der Waals surface area (Å²) in [5.74, 6) is 1.44. The van der Waals surface area contributed by atoms with Gasteiger partial charge in [0.05, 0.1) is 6.33 Å². The molecular formula is C14H23N7. The van der Waals surface area contributed by atoms with Crippen LogP contribution >= 0.6 is 0 Å². The number of aromatic nitrogens is 4. The Morgan fingerprint density at radius 2 is 2.10 bits per heavy atom. The molecule has 21 heavy (non-hydrogen) atoms. The van der Waals surface area contributed by atoms with Crippen molar-refractivity contribution in [2.24, 2.45) is 0 Å². The summed E-state index contributed by atoms with van der Waals surface area (Å²) < 4.78 is 0. The Kier molecular flexibility index (Phi) is 4.19. The normalized spacial score (nSPS) is 17.2. The summed E-state index contributed by atoms with van der Waals surface area (Å²) in [6, 6.07) is 0.503. The Morgan fingerprint density at radius 3 is 2.86 bits per heavy atom. The number of hydrogen-bond acceptors (Lipinski definition) is 6. The topological polar surface area (TPSA) is 81.8 Å². The van der Waals surface area contributed by atoms with Gasteiger partial charge in [-0.05, 0) is 39.8 Å². The van der Waals surface area contributed by atoms with Crippen molar-refractivity contribution in [3.63, 3.8) is 0 Å². The molecule has 0 saturated carbocycles. The Labute approximate surface area is 124 Å². The molecule has 1 aliphatic rings. The molecular weight excluding hydrogens is 266 g/mol. The Balaban J connectivity index is 1.74. The summed E-state index contributed by atoms with van der Waals surface area (Å²) in [5.41, 5.74) is 1.56. The van der Waals surface area contributed by atoms with Gasteiger partial charge >= 0.3 is 0 Å². The number of imidazole rings is 1. The van der Waals surface area contributed by atoms with Crippen molar-refractivity contribution in [1.82, 2.24) is 24.8 Å². The van der Waals surface area contributed by atoms with E-state index in [9.17, 15) is 0 Å². The van der Waals surface area contributed by atoms with Crippen molar-refractivity contribution >= 4 is 22.9 Å². The van der Waals surface area contributed by atoms with E-state index in [0.717, 1.165) is 24.4 Å². The Hall–Kier alpha value is -1.89. The number of likely N-dealkylation sites (tertiary alicyclic amines) is 1. The second kappa shape index (κ2) is 6.26. The molecule has 3 heterocycles. The summed E-state index contributed by atoms with van der Waals surface area (Å²) in [5, 5.41) is 6.59. The maximum atomic E-state index is 4.54. The minimum absolute atomic E-state index is 0.503. The molecule has 7 nitrogen and oxygen atoms in total. The summed E-state index contributed by atoms with van der Waals surface area (Å²) in [6.07, 6.45) is 4.28. The second-order valence-corrected chi connectivity index (χ2v) is 5.50. The van der Waals surface area contributed by atoms with Crippen molar-refractivity contribution < 1.29 is 0 Å². The van der Waals surface area contributed by atoms with Crippen LogP contribution < -0.4 is 10.6 Å². The number of anilines is 2. The van der Waals surface area contributed by atoms with Gasteiger partial charge in [0.25, 0.3) is 0 Å². The van der Waals surface area contributed by atoms with Crippen LogP contribution in [0.1, 0.15) is 26.7 Å². The largest absolute Gasteiger partial charge is 0.367 e. The zero-order valence-electron chi connectivity index (χ0n) is 12.7. The predicted molar refractivity (Wildman–Crippen MR) is 84.6 cm³/mol. The van der Waals surface area contributed by atoms with Gasteiger partial charge in [-0.1, -0.05) is 0 Å². The van der Waals surface area contributed by atoms with E-state index in [1.807, 2.05) is 6.92 Å². The molecule has 0 aliphatic carbocycles. The first-order valence-electron chi connectivity index (χ1n) is 7.71. The van der Waals surface area contributed by atoms with E-state index in [4.69, 9.17) is 0 Å². The summed E-state index contributed by atoms with van der Waals surface area (Å²) in [6.45, 7) is 8.36. The van der Waals surface area contributed by atoms with Crippen LogP contribution in [-0.4, -0.2) is 57.1 Å². The fourth-order valence-corrected chi connectivity index (χ4v) is 2.75. The molecule has 1 aliphatic heterocycles. The van der Waals surface area contributed by atoms with E-state index in [1.165, 1.54) is 25.9 Å². The van der Waals surface area contributed by atoms with Crippen LogP contribution in [0.3, 0.4) is 0 Å². The lowest BCUT2D eigenvalue weighted by Crippen LogP contribution is -2.35. The molecule has 2 aromatic heterocycles. The molecule has 0 spiro atoms. The number of aromatic amines is 1. The molecule has 3 N–H and O–H groups in total. The zero-order valence-corrected chi connectivity index (χ0v) is 12.7. The van der Waals surface area contributed by atoms with E-state index >= 15 is 0 Å². The van der Waals surface area contributed by atoms with Crippen LogP contribution in [0.25, 0.3) is 11.2 Å². The molecule has 1 atom stereocenters. The maximum Gasteiger partial charge on any atom is 0.226 e. The summed E-state index contributed by atoms with van der Waals surface area (Å²) in [4.78, 5) is 18.8. The lowest BCUT2D eigenvalue weighted by atomic mass is 10.3. The van der Waals surface area contributed by atoms with Crippen molar-refractivity contribution in [2.75, 3.05) is 36.8 Å². The van der Waals surface area contributed by atoms with Crippen LogP contribution in [0, 0.1) is 0 Å². The van der Waals surface area contributed by atoms with Gasteiger partial charge in [-0.3, -0.25) is 4.90 Å². The minimum atomic E-state index is 0.503. The fourth-order valence-electron chi connectivity index (χ4n) is 2.75. The van der Waals surface area contributed by atoms with Gasteiger partial charge in [0.2, 0.25) is 5.95 Å². The molecule has 7 heteroatoms. The highest BCUT2D eigenvalue weighted by molar-refractivity contribution is 5.83. The number of H-pyrrole nitrogens is 1. The third-order valence-electron chi connectivity index (χ3n) is 3.95. The van der Waals surface area contributed by atoms with Crippen molar-refractivity contribution in [2.45, 2.75) is 32.7 Å². The first kappa shape index (κ1) is 14.1. The molecule has 1 saturated heterocycles. The standard InChI is InChI=1S/C14H23N7/c1-3-15-14-19-12(11-13(20-14)18-9-17-11)16-8-10(2)21-6-4-5-7-21/h9-10H,3-8H2,1-2H3,(H3,15,16,17,18,19,20). The van der Waals surface area contributed by atoms with Gasteiger partial charge in [0, 0.05) is 19.1 Å². The fraction of sp³-hybridized carbons (Fsp3) is 0.643. The number of fused-ring (bicyclic) bond motifs is 1. The highest BCUT2D eigenvalue weighted by atomic mass is 15.2. The maximum absolute atomic E-state index is 4.54. The van der Waals surface area contributed by atoms with E-state index in [0.29, 0.717) is 17.6 Å². The molecule has 0 radical (unpaired) electrons. The van der Waals surface area contributed by atoms with Crippen molar-refractivity contribution in [1.29, 1.82) is 0 Å². The summed E-state index contributed by atoms with van der Waals surface area (Å²) >= 11 is 0. The molecule has 3 rings (SSSR count). The highest BCUT2D eigenvalue weighted by Crippen LogP contribution is 2.19. The van der Waals surface area contributed by atoms with Crippen LogP contribution in [0.5, 0.6) is 0 Å². The quantitative estimate of drug-likeness (QED) is 0.750. The first-order chi connectivity index (χ1) is 10.3. The van der Waals surface area contributed by atoms with Crippen LogP contribution in [0.4, 0.5) is 11.8 Å². The Bertz CT molecular complexity index is 588. The predicted octanol–water partition coefficient (Wildman–Crippen LogP) is 1.68. The summed E-state index contributed by atoms with van der Waals surface area (Å²) in [7, 11) is 0. The van der Waals surface area contributed by atoms with Gasteiger partial charge in [-0.15, -0.1) is 0 Å². The number of rotatable bonds is 6. The molecule has 1 fully saturated rings. The third kappa shape index (κ3) is 3.07. The van der Waals surface area contributed by atoms with E-state index in [1.54, 1.807) is 6.33 Å². The molecule has 1 unspecified atom stereocenters. The second-order valence-electron chi connectivity index (χ2n) is 5.50. The number of nitrogens with zero attached hydrogens (tertiary/aromatic N) is 4. The van der Waals surface area contributed by atoms with Gasteiger partial charge in [0.1, 0.15) is 5.52 Å².